The van der Waals surface area contributed by atoms with Gasteiger partial charge in [0.05, 0.1) is 16.3 Å². The maximum Gasteiger partial charge on any atom is 0.252 e. The number of amides is 1. The van der Waals surface area contributed by atoms with Crippen LogP contribution >= 0.6 is 11.6 Å². The van der Waals surface area contributed by atoms with Gasteiger partial charge in [0.1, 0.15) is 0 Å². The zero-order valence-electron chi connectivity index (χ0n) is 9.53. The first kappa shape index (κ1) is 12.2. The number of carbonyl (C=O) groups excluding carboxylic acids is 1. The number of halogens is 1. The summed E-state index contributed by atoms with van der Waals surface area (Å²) in [4.78, 5) is 13.5. The van der Waals surface area contributed by atoms with Crippen molar-refractivity contribution in [3.05, 3.63) is 28.8 Å². The Bertz CT molecular complexity index is 436. The molecule has 1 aliphatic heterocycles. The number of benzene rings is 1. The fourth-order valence-corrected chi connectivity index (χ4v) is 2.51. The van der Waals surface area contributed by atoms with Crippen LogP contribution in [0.4, 0.5) is 5.69 Å². The molecule has 17 heavy (non-hydrogen) atoms. The molecule has 4 N–H and O–H groups in total. The first-order valence-corrected chi connectivity index (χ1v) is 6.06. The molecule has 0 saturated carbocycles. The minimum Gasteiger partial charge on any atom is -0.369 e. The Morgan fingerprint density at radius 1 is 1.47 bits per heavy atom. The van der Waals surface area contributed by atoms with Crippen LogP contribution in [0.2, 0.25) is 5.02 Å². The third-order valence-corrected chi connectivity index (χ3v) is 3.35. The molecule has 2 rings (SSSR count). The van der Waals surface area contributed by atoms with Gasteiger partial charge in [-0.3, -0.25) is 4.79 Å². The van der Waals surface area contributed by atoms with E-state index in [1.165, 1.54) is 0 Å². The molecule has 1 aliphatic rings. The lowest BCUT2D eigenvalue weighted by atomic mass is 10.0. The average Bonchev–Trinajstić information content (AvgIpc) is 2.28. The van der Waals surface area contributed by atoms with E-state index < -0.39 is 5.91 Å². The minimum absolute atomic E-state index is 0.142. The van der Waals surface area contributed by atoms with Crippen LogP contribution in [-0.4, -0.2) is 25.0 Å². The molecule has 1 heterocycles. The Kier molecular flexibility index (Phi) is 3.54. The van der Waals surface area contributed by atoms with Gasteiger partial charge >= 0.3 is 0 Å². The van der Waals surface area contributed by atoms with E-state index >= 15 is 0 Å². The van der Waals surface area contributed by atoms with Crippen LogP contribution in [0, 0.1) is 0 Å². The van der Waals surface area contributed by atoms with Gasteiger partial charge in [-0.25, -0.2) is 0 Å². The fraction of sp³-hybridized carbons (Fsp3) is 0.417. The van der Waals surface area contributed by atoms with E-state index in [4.69, 9.17) is 23.1 Å². The zero-order valence-corrected chi connectivity index (χ0v) is 10.3. The summed E-state index contributed by atoms with van der Waals surface area (Å²) < 4.78 is 0. The zero-order chi connectivity index (χ0) is 12.4. The smallest absolute Gasteiger partial charge is 0.252 e. The highest BCUT2D eigenvalue weighted by molar-refractivity contribution is 6.34. The van der Waals surface area contributed by atoms with Gasteiger partial charge in [0, 0.05) is 19.1 Å². The molecule has 1 saturated heterocycles. The summed E-state index contributed by atoms with van der Waals surface area (Å²) >= 11 is 6.02. The summed E-state index contributed by atoms with van der Waals surface area (Å²) in [6, 6.07) is 5.51. The standard InChI is InChI=1S/C12H16ClN3O/c13-9-4-1-5-10(11(9)12(15)17)16-6-2-3-8(14)7-16/h1,4-5,8H,2-3,6-7,14H2,(H2,15,17). The molecule has 0 aliphatic carbocycles. The van der Waals surface area contributed by atoms with Crippen LogP contribution in [0.5, 0.6) is 0 Å². The van der Waals surface area contributed by atoms with Crippen LogP contribution in [0.15, 0.2) is 18.2 Å². The largest absolute Gasteiger partial charge is 0.369 e. The highest BCUT2D eigenvalue weighted by Gasteiger charge is 2.22. The second-order valence-electron chi connectivity index (χ2n) is 4.35. The molecule has 1 amide bonds. The number of hydrogen-bond acceptors (Lipinski definition) is 3. The van der Waals surface area contributed by atoms with Gasteiger partial charge in [-0.05, 0) is 25.0 Å². The Morgan fingerprint density at radius 3 is 2.88 bits per heavy atom. The third-order valence-electron chi connectivity index (χ3n) is 3.04. The van der Waals surface area contributed by atoms with Gasteiger partial charge in [-0.1, -0.05) is 17.7 Å². The first-order chi connectivity index (χ1) is 8.09. The number of nitrogens with two attached hydrogens (primary N) is 2. The second-order valence-corrected chi connectivity index (χ2v) is 4.75. The number of nitrogens with zero attached hydrogens (tertiary/aromatic N) is 1. The van der Waals surface area contributed by atoms with Gasteiger partial charge < -0.3 is 16.4 Å². The lowest BCUT2D eigenvalue weighted by molar-refractivity contribution is 0.100. The van der Waals surface area contributed by atoms with Crippen molar-refractivity contribution >= 4 is 23.2 Å². The topological polar surface area (TPSA) is 72.4 Å². The van der Waals surface area contributed by atoms with Crippen molar-refractivity contribution in [2.75, 3.05) is 18.0 Å². The van der Waals surface area contributed by atoms with Gasteiger partial charge in [0.15, 0.2) is 0 Å². The Morgan fingerprint density at radius 2 is 2.24 bits per heavy atom. The molecule has 0 radical (unpaired) electrons. The summed E-state index contributed by atoms with van der Waals surface area (Å²) in [5.41, 5.74) is 12.5. The summed E-state index contributed by atoms with van der Waals surface area (Å²) in [6.07, 6.45) is 2.04. The first-order valence-electron chi connectivity index (χ1n) is 5.68. The highest BCUT2D eigenvalue weighted by Crippen LogP contribution is 2.28. The predicted octanol–water partition coefficient (Wildman–Crippen LogP) is 1.37. The van der Waals surface area contributed by atoms with E-state index in [0.29, 0.717) is 10.6 Å². The molecular formula is C12H16ClN3O. The van der Waals surface area contributed by atoms with Crippen LogP contribution in [0.1, 0.15) is 23.2 Å². The van der Waals surface area contributed by atoms with E-state index in [-0.39, 0.29) is 6.04 Å². The number of piperidine rings is 1. The van der Waals surface area contributed by atoms with Gasteiger partial charge in [0.2, 0.25) is 0 Å². The van der Waals surface area contributed by atoms with E-state index in [9.17, 15) is 4.79 Å². The monoisotopic (exact) mass is 253 g/mol. The third kappa shape index (κ3) is 2.53. The fourth-order valence-electron chi connectivity index (χ4n) is 2.25. The average molecular weight is 254 g/mol. The van der Waals surface area contributed by atoms with Crippen molar-refractivity contribution in [2.24, 2.45) is 11.5 Å². The summed E-state index contributed by atoms with van der Waals surface area (Å²) in [5, 5.41) is 0.397. The number of anilines is 1. The Balaban J connectivity index is 2.37. The lowest BCUT2D eigenvalue weighted by Gasteiger charge is -2.33. The molecular weight excluding hydrogens is 238 g/mol. The van der Waals surface area contributed by atoms with Crippen molar-refractivity contribution < 1.29 is 4.79 Å². The van der Waals surface area contributed by atoms with Gasteiger partial charge in [0.25, 0.3) is 5.91 Å². The van der Waals surface area contributed by atoms with Crippen molar-refractivity contribution in [1.82, 2.24) is 0 Å². The maximum absolute atomic E-state index is 11.4. The number of rotatable bonds is 2. The van der Waals surface area contributed by atoms with Gasteiger partial charge in [-0.15, -0.1) is 0 Å². The van der Waals surface area contributed by atoms with E-state index in [2.05, 4.69) is 4.90 Å². The number of hydrogen-bond donors (Lipinski definition) is 2. The van der Waals surface area contributed by atoms with Gasteiger partial charge in [-0.2, -0.15) is 0 Å². The molecule has 5 heteroatoms. The van der Waals surface area contributed by atoms with Crippen LogP contribution in [0.25, 0.3) is 0 Å². The minimum atomic E-state index is -0.496. The molecule has 4 nitrogen and oxygen atoms in total. The molecule has 0 spiro atoms. The molecule has 0 aromatic heterocycles. The molecule has 1 unspecified atom stereocenters. The van der Waals surface area contributed by atoms with Crippen molar-refractivity contribution in [3.63, 3.8) is 0 Å². The van der Waals surface area contributed by atoms with Crippen molar-refractivity contribution in [3.8, 4) is 0 Å². The summed E-state index contributed by atoms with van der Waals surface area (Å²) in [7, 11) is 0. The Labute approximate surface area is 106 Å². The van der Waals surface area contributed by atoms with E-state index in [0.717, 1.165) is 31.6 Å². The molecule has 0 bridgehead atoms. The number of carbonyl (C=O) groups is 1. The molecule has 1 aromatic rings. The second kappa shape index (κ2) is 4.94. The van der Waals surface area contributed by atoms with E-state index in [1.54, 1.807) is 6.07 Å². The SMILES string of the molecule is NC(=O)c1c(Cl)cccc1N1CCCC(N)C1. The highest BCUT2D eigenvalue weighted by atomic mass is 35.5. The number of primary amides is 1. The molecule has 1 aromatic carbocycles. The predicted molar refractivity (Wildman–Crippen MR) is 69.4 cm³/mol. The molecule has 92 valence electrons. The van der Waals surface area contributed by atoms with Crippen LogP contribution < -0.4 is 16.4 Å². The quantitative estimate of drug-likeness (QED) is 0.836. The Hall–Kier alpha value is -1.26. The normalized spacial score (nSPS) is 20.4. The van der Waals surface area contributed by atoms with Crippen LogP contribution in [0.3, 0.4) is 0 Å². The van der Waals surface area contributed by atoms with Crippen molar-refractivity contribution in [1.29, 1.82) is 0 Å². The lowest BCUT2D eigenvalue weighted by Crippen LogP contribution is -2.43. The van der Waals surface area contributed by atoms with Crippen LogP contribution in [-0.2, 0) is 0 Å². The maximum atomic E-state index is 11.4. The molecule has 1 fully saturated rings. The van der Waals surface area contributed by atoms with Crippen molar-refractivity contribution in [2.45, 2.75) is 18.9 Å². The van der Waals surface area contributed by atoms with E-state index in [1.807, 2.05) is 12.1 Å². The summed E-state index contributed by atoms with van der Waals surface area (Å²) in [6.45, 7) is 1.62. The summed E-state index contributed by atoms with van der Waals surface area (Å²) in [5.74, 6) is -0.496. The molecule has 1 atom stereocenters.